The number of benzene rings is 1. The van der Waals surface area contributed by atoms with E-state index in [1.807, 2.05) is 30.3 Å². The van der Waals surface area contributed by atoms with Crippen LogP contribution in [-0.2, 0) is 14.3 Å². The van der Waals surface area contributed by atoms with Crippen molar-refractivity contribution in [1.82, 2.24) is 4.90 Å². The fourth-order valence-electron chi connectivity index (χ4n) is 2.14. The Labute approximate surface area is 127 Å². The molecule has 0 saturated carbocycles. The lowest BCUT2D eigenvalue weighted by Gasteiger charge is -2.22. The van der Waals surface area contributed by atoms with Gasteiger partial charge in [0.1, 0.15) is 12.6 Å². The van der Waals surface area contributed by atoms with Gasteiger partial charge in [0.05, 0.1) is 0 Å². The molecule has 1 saturated heterocycles. The van der Waals surface area contributed by atoms with Crippen LogP contribution in [0.2, 0.25) is 0 Å². The number of hydrogen-bond acceptors (Lipinski definition) is 5. The molecule has 0 spiro atoms. The number of ether oxygens (including phenoxy) is 1. The maximum absolute atomic E-state index is 12.5. The summed E-state index contributed by atoms with van der Waals surface area (Å²) in [5.41, 5.74) is 0.864. The van der Waals surface area contributed by atoms with Gasteiger partial charge in [-0.15, -0.1) is 0 Å². The lowest BCUT2D eigenvalue weighted by molar-refractivity contribution is -0.132. The maximum Gasteiger partial charge on any atom is 0.417 e. The van der Waals surface area contributed by atoms with Crippen LogP contribution in [0.1, 0.15) is 25.5 Å². The molecule has 0 radical (unpaired) electrons. The van der Waals surface area contributed by atoms with Gasteiger partial charge in [-0.1, -0.05) is 49.0 Å². The highest BCUT2D eigenvalue weighted by Gasteiger charge is 2.40. The van der Waals surface area contributed by atoms with Crippen LogP contribution in [0.4, 0.5) is 4.79 Å². The van der Waals surface area contributed by atoms with Crippen LogP contribution >= 0.6 is 11.8 Å². The molecular weight excluding hydrogens is 290 g/mol. The summed E-state index contributed by atoms with van der Waals surface area (Å²) in [5, 5.41) is -0.0433. The van der Waals surface area contributed by atoms with Crippen molar-refractivity contribution in [3.05, 3.63) is 35.9 Å². The number of rotatable bonds is 4. The summed E-state index contributed by atoms with van der Waals surface area (Å²) in [7, 11) is 0. The van der Waals surface area contributed by atoms with Crippen molar-refractivity contribution < 1.29 is 19.1 Å². The Hall–Kier alpha value is -1.82. The van der Waals surface area contributed by atoms with Gasteiger partial charge in [0.25, 0.3) is 0 Å². The van der Waals surface area contributed by atoms with Crippen molar-refractivity contribution in [3.8, 4) is 0 Å². The molecule has 21 heavy (non-hydrogen) atoms. The van der Waals surface area contributed by atoms with Crippen LogP contribution in [-0.4, -0.2) is 34.4 Å². The largest absolute Gasteiger partial charge is 0.446 e. The van der Waals surface area contributed by atoms with Crippen LogP contribution in [0.25, 0.3) is 0 Å². The molecule has 2 atom stereocenters. The minimum atomic E-state index is -0.617. The Balaban J connectivity index is 2.13. The molecule has 0 aliphatic carbocycles. The van der Waals surface area contributed by atoms with Gasteiger partial charge in [-0.3, -0.25) is 9.59 Å². The van der Waals surface area contributed by atoms with Gasteiger partial charge >= 0.3 is 6.09 Å². The highest BCUT2D eigenvalue weighted by atomic mass is 32.2. The van der Waals surface area contributed by atoms with Gasteiger partial charge in [0.15, 0.2) is 5.12 Å². The summed E-state index contributed by atoms with van der Waals surface area (Å²) in [5.74, 6) is -0.365. The SMILES string of the molecule is CC(=O)SCC(C)C(=O)N1C(=O)OC[C@@H]1c1ccccc1. The number of carbonyl (C=O) groups is 3. The third-order valence-corrected chi connectivity index (χ3v) is 4.33. The van der Waals surface area contributed by atoms with Crippen LogP contribution in [0.15, 0.2) is 30.3 Å². The third-order valence-electron chi connectivity index (χ3n) is 3.25. The molecule has 0 N–H and O–H groups in total. The first-order valence-electron chi connectivity index (χ1n) is 6.69. The van der Waals surface area contributed by atoms with Crippen LogP contribution in [0.5, 0.6) is 0 Å². The number of hydrogen-bond donors (Lipinski definition) is 0. The summed E-state index contributed by atoms with van der Waals surface area (Å²) in [4.78, 5) is 36.5. The molecule has 1 heterocycles. The molecule has 112 valence electrons. The Morgan fingerprint density at radius 1 is 1.38 bits per heavy atom. The van der Waals surface area contributed by atoms with Gasteiger partial charge < -0.3 is 4.74 Å². The molecular formula is C15H17NO4S. The summed E-state index contributed by atoms with van der Waals surface area (Å²) in [6.07, 6.45) is -0.617. The molecule has 0 aromatic heterocycles. The predicted octanol–water partition coefficient (Wildman–Crippen LogP) is 2.62. The van der Waals surface area contributed by atoms with E-state index in [-0.39, 0.29) is 17.6 Å². The monoisotopic (exact) mass is 307 g/mol. The number of amides is 2. The number of cyclic esters (lactones) is 1. The lowest BCUT2D eigenvalue weighted by Crippen LogP contribution is -2.38. The smallest absolute Gasteiger partial charge is 0.417 e. The molecule has 1 aliphatic heterocycles. The second-order valence-corrected chi connectivity index (χ2v) is 6.11. The van der Waals surface area contributed by atoms with E-state index in [1.54, 1.807) is 6.92 Å². The van der Waals surface area contributed by atoms with E-state index >= 15 is 0 Å². The average molecular weight is 307 g/mol. The van der Waals surface area contributed by atoms with Crippen molar-refractivity contribution in [2.45, 2.75) is 19.9 Å². The Morgan fingerprint density at radius 3 is 2.67 bits per heavy atom. The summed E-state index contributed by atoms with van der Waals surface area (Å²) < 4.78 is 5.02. The fourth-order valence-corrected chi connectivity index (χ4v) is 2.76. The number of imide groups is 1. The number of carbonyl (C=O) groups excluding carboxylic acids is 3. The molecule has 0 bridgehead atoms. The Morgan fingerprint density at radius 2 is 2.05 bits per heavy atom. The first kappa shape index (κ1) is 15.6. The third kappa shape index (κ3) is 3.64. The number of thioether (sulfide) groups is 1. The van der Waals surface area contributed by atoms with Crippen LogP contribution in [0.3, 0.4) is 0 Å². The van der Waals surface area contributed by atoms with Crippen molar-refractivity contribution in [2.75, 3.05) is 12.4 Å². The first-order valence-corrected chi connectivity index (χ1v) is 7.67. The van der Waals surface area contributed by atoms with E-state index in [0.717, 1.165) is 17.3 Å². The lowest BCUT2D eigenvalue weighted by atomic mass is 10.1. The molecule has 1 fully saturated rings. The zero-order chi connectivity index (χ0) is 15.4. The van der Waals surface area contributed by atoms with E-state index in [9.17, 15) is 14.4 Å². The summed E-state index contributed by atoms with van der Waals surface area (Å²) >= 11 is 1.09. The molecule has 5 nitrogen and oxygen atoms in total. The predicted molar refractivity (Wildman–Crippen MR) is 79.7 cm³/mol. The molecule has 1 aliphatic rings. The summed E-state index contributed by atoms with van der Waals surface area (Å²) in [6, 6.07) is 8.92. The van der Waals surface area contributed by atoms with Crippen LogP contribution < -0.4 is 0 Å². The fraction of sp³-hybridized carbons (Fsp3) is 0.400. The van der Waals surface area contributed by atoms with Crippen molar-refractivity contribution in [2.24, 2.45) is 5.92 Å². The van der Waals surface area contributed by atoms with E-state index in [2.05, 4.69) is 0 Å². The van der Waals surface area contributed by atoms with Gasteiger partial charge in [-0.05, 0) is 5.56 Å². The maximum atomic E-state index is 12.5. The van der Waals surface area contributed by atoms with Gasteiger partial charge in [-0.2, -0.15) is 0 Å². The average Bonchev–Trinajstić information content (AvgIpc) is 2.86. The van der Waals surface area contributed by atoms with Gasteiger partial charge in [0.2, 0.25) is 5.91 Å². The van der Waals surface area contributed by atoms with Crippen molar-refractivity contribution >= 4 is 28.9 Å². The van der Waals surface area contributed by atoms with E-state index in [0.29, 0.717) is 5.75 Å². The zero-order valence-corrected chi connectivity index (χ0v) is 12.8. The first-order chi connectivity index (χ1) is 10.0. The second kappa shape index (κ2) is 6.76. The molecule has 1 unspecified atom stereocenters. The molecule has 1 aromatic rings. The quantitative estimate of drug-likeness (QED) is 0.855. The standard InChI is InChI=1S/C15H17NO4S/c1-10(9-21-11(2)17)14(18)16-13(8-20-15(16)19)12-6-4-3-5-7-12/h3-7,10,13H,8-9H2,1-2H3/t10?,13-/m1/s1. The van der Waals surface area contributed by atoms with E-state index in [4.69, 9.17) is 4.74 Å². The van der Waals surface area contributed by atoms with E-state index < -0.39 is 18.1 Å². The topological polar surface area (TPSA) is 63.7 Å². The van der Waals surface area contributed by atoms with Crippen molar-refractivity contribution in [1.29, 1.82) is 0 Å². The summed E-state index contributed by atoms with van der Waals surface area (Å²) in [6.45, 7) is 3.34. The highest BCUT2D eigenvalue weighted by Crippen LogP contribution is 2.29. The Kier molecular flexibility index (Phi) is 5.01. The normalized spacial score (nSPS) is 19.2. The molecule has 6 heteroatoms. The highest BCUT2D eigenvalue weighted by molar-refractivity contribution is 8.13. The molecule has 1 aromatic carbocycles. The molecule has 2 amide bonds. The Bertz CT molecular complexity index is 546. The molecule has 2 rings (SSSR count). The van der Waals surface area contributed by atoms with Gasteiger partial charge in [-0.25, -0.2) is 9.69 Å². The van der Waals surface area contributed by atoms with E-state index in [1.165, 1.54) is 11.8 Å². The van der Waals surface area contributed by atoms with Crippen molar-refractivity contribution in [3.63, 3.8) is 0 Å². The zero-order valence-electron chi connectivity index (χ0n) is 11.9. The minimum Gasteiger partial charge on any atom is -0.446 e. The minimum absolute atomic E-state index is 0.0433. The van der Waals surface area contributed by atoms with Crippen LogP contribution in [0, 0.1) is 5.92 Å². The number of nitrogens with zero attached hydrogens (tertiary/aromatic N) is 1. The van der Waals surface area contributed by atoms with Gasteiger partial charge in [0, 0.05) is 18.6 Å². The second-order valence-electron chi connectivity index (χ2n) is 4.92.